The van der Waals surface area contributed by atoms with E-state index in [1.807, 2.05) is 6.92 Å². The van der Waals surface area contributed by atoms with Crippen molar-refractivity contribution in [2.75, 3.05) is 0 Å². The summed E-state index contributed by atoms with van der Waals surface area (Å²) >= 11 is 1.56. The Morgan fingerprint density at radius 2 is 2.00 bits per heavy atom. The normalized spacial score (nSPS) is 18.3. The Morgan fingerprint density at radius 3 is 2.59 bits per heavy atom. The van der Waals surface area contributed by atoms with E-state index in [9.17, 15) is 10.1 Å². The first-order chi connectivity index (χ1) is 10.5. The Morgan fingerprint density at radius 1 is 1.32 bits per heavy atom. The average Bonchev–Trinajstić information content (AvgIpc) is 2.51. The standard InChI is InChI=1S/C18H24N2OS/c1-13-7-8-16(14(2)11-13)22-15(3)17(21)20-18(12-19)9-5-4-6-10-18/h7-8,11,15H,4-6,9-10H2,1-3H3,(H,20,21). The van der Waals surface area contributed by atoms with Crippen molar-refractivity contribution in [2.45, 2.75) is 68.6 Å². The molecule has 1 N–H and O–H groups in total. The minimum atomic E-state index is -0.646. The Bertz CT molecular complexity index is 585. The summed E-state index contributed by atoms with van der Waals surface area (Å²) in [6, 6.07) is 8.61. The van der Waals surface area contributed by atoms with Crippen LogP contribution in [0.4, 0.5) is 0 Å². The lowest BCUT2D eigenvalue weighted by Gasteiger charge is -2.32. The summed E-state index contributed by atoms with van der Waals surface area (Å²) in [4.78, 5) is 13.6. The molecule has 1 aromatic carbocycles. The maximum Gasteiger partial charge on any atom is 0.234 e. The third-order valence-corrected chi connectivity index (χ3v) is 5.57. The average molecular weight is 316 g/mol. The Balaban J connectivity index is 2.01. The van der Waals surface area contributed by atoms with Gasteiger partial charge in [-0.3, -0.25) is 4.79 Å². The molecule has 3 nitrogen and oxygen atoms in total. The van der Waals surface area contributed by atoms with E-state index in [2.05, 4.69) is 43.4 Å². The number of nitrogens with one attached hydrogen (secondary N) is 1. The van der Waals surface area contributed by atoms with Crippen LogP contribution in [0.5, 0.6) is 0 Å². The molecule has 0 spiro atoms. The highest BCUT2D eigenvalue weighted by Crippen LogP contribution is 2.30. The smallest absolute Gasteiger partial charge is 0.234 e. The fourth-order valence-corrected chi connectivity index (χ4v) is 3.87. The van der Waals surface area contributed by atoms with Gasteiger partial charge in [0.15, 0.2) is 0 Å². The topological polar surface area (TPSA) is 52.9 Å². The molecule has 0 bridgehead atoms. The van der Waals surface area contributed by atoms with Crippen LogP contribution in [0.3, 0.4) is 0 Å². The van der Waals surface area contributed by atoms with E-state index >= 15 is 0 Å². The lowest BCUT2D eigenvalue weighted by Crippen LogP contribution is -2.50. The van der Waals surface area contributed by atoms with Crippen LogP contribution in [0.2, 0.25) is 0 Å². The molecule has 1 aliphatic rings. The number of amides is 1. The zero-order chi connectivity index (χ0) is 16.2. The monoisotopic (exact) mass is 316 g/mol. The highest BCUT2D eigenvalue weighted by atomic mass is 32.2. The van der Waals surface area contributed by atoms with Gasteiger partial charge >= 0.3 is 0 Å². The van der Waals surface area contributed by atoms with Crippen LogP contribution in [0, 0.1) is 25.2 Å². The van der Waals surface area contributed by atoms with E-state index in [4.69, 9.17) is 0 Å². The Labute approximate surface area is 137 Å². The van der Waals surface area contributed by atoms with E-state index in [0.29, 0.717) is 0 Å². The molecule has 2 rings (SSSR count). The second kappa shape index (κ2) is 7.19. The molecule has 118 valence electrons. The number of aryl methyl sites for hydroxylation is 2. The summed E-state index contributed by atoms with van der Waals surface area (Å²) in [6.07, 6.45) is 4.75. The van der Waals surface area contributed by atoms with Gasteiger partial charge in [0, 0.05) is 4.90 Å². The Hall–Kier alpha value is -1.47. The van der Waals surface area contributed by atoms with Gasteiger partial charge in [0.25, 0.3) is 0 Å². The number of carbonyl (C=O) groups excluding carboxylic acids is 1. The van der Waals surface area contributed by atoms with Gasteiger partial charge in [0.2, 0.25) is 5.91 Å². The molecular formula is C18H24N2OS. The van der Waals surface area contributed by atoms with Gasteiger partial charge in [-0.1, -0.05) is 37.0 Å². The number of carbonyl (C=O) groups is 1. The Kier molecular flexibility index (Phi) is 5.52. The van der Waals surface area contributed by atoms with Crippen LogP contribution in [-0.2, 0) is 4.79 Å². The first kappa shape index (κ1) is 16.9. The first-order valence-electron chi connectivity index (χ1n) is 7.93. The lowest BCUT2D eigenvalue weighted by atomic mass is 9.83. The van der Waals surface area contributed by atoms with Gasteiger partial charge in [-0.15, -0.1) is 11.8 Å². The predicted octanol–water partition coefficient (Wildman–Crippen LogP) is 4.13. The predicted molar refractivity (Wildman–Crippen MR) is 90.8 cm³/mol. The zero-order valence-corrected chi connectivity index (χ0v) is 14.4. The van der Waals surface area contributed by atoms with Gasteiger partial charge in [0.05, 0.1) is 11.3 Å². The SMILES string of the molecule is Cc1ccc(SC(C)C(=O)NC2(C#N)CCCCC2)c(C)c1. The van der Waals surface area contributed by atoms with Crippen LogP contribution in [0.1, 0.15) is 50.2 Å². The van der Waals surface area contributed by atoms with E-state index in [1.165, 1.54) is 11.1 Å². The lowest BCUT2D eigenvalue weighted by molar-refractivity contribution is -0.121. The second-order valence-corrected chi connectivity index (χ2v) is 7.66. The number of benzene rings is 1. The maximum atomic E-state index is 12.5. The van der Waals surface area contributed by atoms with E-state index < -0.39 is 5.54 Å². The summed E-state index contributed by atoms with van der Waals surface area (Å²) in [5.74, 6) is -0.0339. The second-order valence-electron chi connectivity index (χ2n) is 6.27. The molecule has 0 heterocycles. The summed E-state index contributed by atoms with van der Waals surface area (Å²) in [5, 5.41) is 12.3. The summed E-state index contributed by atoms with van der Waals surface area (Å²) in [6.45, 7) is 6.04. The molecule has 1 saturated carbocycles. The van der Waals surface area contributed by atoms with E-state index in [0.717, 1.165) is 37.0 Å². The van der Waals surface area contributed by atoms with Crippen molar-refractivity contribution in [2.24, 2.45) is 0 Å². The van der Waals surface area contributed by atoms with Crippen LogP contribution in [0.15, 0.2) is 23.1 Å². The number of thioether (sulfide) groups is 1. The fraction of sp³-hybridized carbons (Fsp3) is 0.556. The van der Waals surface area contributed by atoms with Crippen molar-refractivity contribution in [3.05, 3.63) is 29.3 Å². The molecule has 1 amide bonds. The van der Waals surface area contributed by atoms with Crippen LogP contribution < -0.4 is 5.32 Å². The highest BCUT2D eigenvalue weighted by Gasteiger charge is 2.34. The third-order valence-electron chi connectivity index (χ3n) is 4.29. The largest absolute Gasteiger partial charge is 0.337 e. The summed E-state index contributed by atoms with van der Waals surface area (Å²) < 4.78 is 0. The molecular weight excluding hydrogens is 292 g/mol. The van der Waals surface area contributed by atoms with Crippen LogP contribution in [0.25, 0.3) is 0 Å². The van der Waals surface area contributed by atoms with Crippen molar-refractivity contribution in [3.8, 4) is 6.07 Å². The highest BCUT2D eigenvalue weighted by molar-refractivity contribution is 8.00. The van der Waals surface area contributed by atoms with Gasteiger partial charge in [-0.2, -0.15) is 5.26 Å². The molecule has 4 heteroatoms. The zero-order valence-electron chi connectivity index (χ0n) is 13.6. The molecule has 0 radical (unpaired) electrons. The number of rotatable bonds is 4. The summed E-state index contributed by atoms with van der Waals surface area (Å²) in [5.41, 5.74) is 1.77. The van der Waals surface area contributed by atoms with E-state index in [1.54, 1.807) is 11.8 Å². The van der Waals surface area contributed by atoms with Gasteiger partial charge in [-0.25, -0.2) is 0 Å². The number of hydrogen-bond donors (Lipinski definition) is 1. The molecule has 0 aromatic heterocycles. The number of hydrogen-bond acceptors (Lipinski definition) is 3. The van der Waals surface area contributed by atoms with Crippen molar-refractivity contribution < 1.29 is 4.79 Å². The first-order valence-corrected chi connectivity index (χ1v) is 8.81. The number of nitrogens with zero attached hydrogens (tertiary/aromatic N) is 1. The number of nitriles is 1. The van der Waals surface area contributed by atoms with Crippen molar-refractivity contribution in [1.82, 2.24) is 5.32 Å². The van der Waals surface area contributed by atoms with Gasteiger partial charge in [0.1, 0.15) is 5.54 Å². The van der Waals surface area contributed by atoms with E-state index in [-0.39, 0.29) is 11.2 Å². The molecule has 1 atom stereocenters. The third kappa shape index (κ3) is 4.04. The van der Waals surface area contributed by atoms with Crippen LogP contribution in [-0.4, -0.2) is 16.7 Å². The van der Waals surface area contributed by atoms with Crippen LogP contribution >= 0.6 is 11.8 Å². The minimum absolute atomic E-state index is 0.0339. The molecule has 22 heavy (non-hydrogen) atoms. The molecule has 0 aliphatic heterocycles. The molecule has 1 unspecified atom stereocenters. The van der Waals surface area contributed by atoms with Gasteiger partial charge < -0.3 is 5.32 Å². The van der Waals surface area contributed by atoms with Crippen molar-refractivity contribution in [3.63, 3.8) is 0 Å². The molecule has 1 fully saturated rings. The molecule has 1 aromatic rings. The van der Waals surface area contributed by atoms with Crippen molar-refractivity contribution in [1.29, 1.82) is 5.26 Å². The molecule has 0 saturated heterocycles. The summed E-state index contributed by atoms with van der Waals surface area (Å²) in [7, 11) is 0. The minimum Gasteiger partial charge on any atom is -0.337 e. The molecule has 1 aliphatic carbocycles. The maximum absolute atomic E-state index is 12.5. The fourth-order valence-electron chi connectivity index (χ4n) is 2.93. The van der Waals surface area contributed by atoms with Gasteiger partial charge in [-0.05, 0) is 45.2 Å². The quantitative estimate of drug-likeness (QED) is 0.850. The van der Waals surface area contributed by atoms with Crippen molar-refractivity contribution >= 4 is 17.7 Å².